The van der Waals surface area contributed by atoms with Crippen LogP contribution >= 0.6 is 11.3 Å². The standard InChI is InChI=1S/C11H15NO3S/c12-9-4-7-16-10(9)11(13)15-6-3-8-2-1-5-14-8/h4,7-8H,1-3,5-6,12H2. The van der Waals surface area contributed by atoms with Gasteiger partial charge in [0, 0.05) is 13.0 Å². The highest BCUT2D eigenvalue weighted by Gasteiger charge is 2.17. The first-order valence-corrected chi connectivity index (χ1v) is 6.27. The number of nitrogen functional groups attached to an aromatic ring is 1. The van der Waals surface area contributed by atoms with Crippen molar-refractivity contribution in [1.29, 1.82) is 0 Å². The van der Waals surface area contributed by atoms with Crippen molar-refractivity contribution in [2.24, 2.45) is 0 Å². The van der Waals surface area contributed by atoms with Crippen molar-refractivity contribution < 1.29 is 14.3 Å². The average molecular weight is 241 g/mol. The van der Waals surface area contributed by atoms with Crippen molar-refractivity contribution in [2.45, 2.75) is 25.4 Å². The molecule has 1 aliphatic heterocycles. The van der Waals surface area contributed by atoms with Crippen LogP contribution in [-0.4, -0.2) is 25.3 Å². The van der Waals surface area contributed by atoms with Crippen molar-refractivity contribution in [1.82, 2.24) is 0 Å². The molecule has 4 nitrogen and oxygen atoms in total. The molecule has 0 aromatic carbocycles. The highest BCUT2D eigenvalue weighted by Crippen LogP contribution is 2.20. The zero-order valence-electron chi connectivity index (χ0n) is 8.98. The van der Waals surface area contributed by atoms with E-state index >= 15 is 0 Å². The van der Waals surface area contributed by atoms with E-state index in [0.717, 1.165) is 25.9 Å². The van der Waals surface area contributed by atoms with Gasteiger partial charge in [-0.2, -0.15) is 0 Å². The fraction of sp³-hybridized carbons (Fsp3) is 0.545. The number of rotatable bonds is 4. The Morgan fingerprint density at radius 3 is 3.19 bits per heavy atom. The molecule has 0 saturated carbocycles. The lowest BCUT2D eigenvalue weighted by atomic mass is 10.2. The monoisotopic (exact) mass is 241 g/mol. The molecule has 1 aliphatic rings. The minimum absolute atomic E-state index is 0.258. The SMILES string of the molecule is Nc1ccsc1C(=O)OCCC1CCCO1. The second-order valence-electron chi connectivity index (χ2n) is 3.76. The van der Waals surface area contributed by atoms with Gasteiger partial charge in [-0.15, -0.1) is 11.3 Å². The van der Waals surface area contributed by atoms with Gasteiger partial charge in [-0.3, -0.25) is 0 Å². The van der Waals surface area contributed by atoms with Crippen molar-refractivity contribution in [3.63, 3.8) is 0 Å². The third kappa shape index (κ3) is 2.74. The summed E-state index contributed by atoms with van der Waals surface area (Å²) in [5.74, 6) is -0.328. The second kappa shape index (κ2) is 5.32. The third-order valence-corrected chi connectivity index (χ3v) is 3.49. The van der Waals surface area contributed by atoms with Gasteiger partial charge in [0.1, 0.15) is 4.88 Å². The first kappa shape index (κ1) is 11.4. The molecule has 5 heteroatoms. The maximum absolute atomic E-state index is 11.6. The number of nitrogens with two attached hydrogens (primary N) is 1. The Kier molecular flexibility index (Phi) is 3.79. The minimum Gasteiger partial charge on any atom is -0.461 e. The number of hydrogen-bond acceptors (Lipinski definition) is 5. The predicted octanol–water partition coefficient (Wildman–Crippen LogP) is 2.06. The maximum Gasteiger partial charge on any atom is 0.350 e. The molecule has 0 spiro atoms. The molecular weight excluding hydrogens is 226 g/mol. The molecule has 88 valence electrons. The Bertz CT molecular complexity index is 358. The van der Waals surface area contributed by atoms with Crippen LogP contribution in [0.2, 0.25) is 0 Å². The Labute approximate surface area is 98.3 Å². The summed E-state index contributed by atoms with van der Waals surface area (Å²) in [6, 6.07) is 1.71. The molecule has 1 unspecified atom stereocenters. The van der Waals surface area contributed by atoms with Gasteiger partial charge in [0.05, 0.1) is 18.4 Å². The van der Waals surface area contributed by atoms with Crippen LogP contribution in [0.4, 0.5) is 5.69 Å². The highest BCUT2D eigenvalue weighted by molar-refractivity contribution is 7.12. The molecular formula is C11H15NO3S. The fourth-order valence-corrected chi connectivity index (χ4v) is 2.42. The summed E-state index contributed by atoms with van der Waals surface area (Å²) in [6.07, 6.45) is 3.21. The fourth-order valence-electron chi connectivity index (χ4n) is 1.71. The van der Waals surface area contributed by atoms with Crippen molar-refractivity contribution in [2.75, 3.05) is 18.9 Å². The molecule has 0 aliphatic carbocycles. The van der Waals surface area contributed by atoms with Crippen LogP contribution < -0.4 is 5.73 Å². The molecule has 1 aromatic heterocycles. The smallest absolute Gasteiger partial charge is 0.350 e. The molecule has 2 rings (SSSR count). The van der Waals surface area contributed by atoms with Crippen molar-refractivity contribution >= 4 is 23.0 Å². The van der Waals surface area contributed by atoms with E-state index in [9.17, 15) is 4.79 Å². The van der Waals surface area contributed by atoms with Crippen LogP contribution in [0.25, 0.3) is 0 Å². The average Bonchev–Trinajstić information content (AvgIpc) is 2.88. The normalized spacial score (nSPS) is 19.9. The van der Waals surface area contributed by atoms with Crippen LogP contribution in [0, 0.1) is 0 Å². The molecule has 16 heavy (non-hydrogen) atoms. The molecule has 2 N–H and O–H groups in total. The molecule has 0 radical (unpaired) electrons. The van der Waals surface area contributed by atoms with E-state index < -0.39 is 0 Å². The number of ether oxygens (including phenoxy) is 2. The molecule has 2 heterocycles. The van der Waals surface area contributed by atoms with Gasteiger partial charge in [0.25, 0.3) is 0 Å². The number of carbonyl (C=O) groups is 1. The maximum atomic E-state index is 11.6. The summed E-state index contributed by atoms with van der Waals surface area (Å²) >= 11 is 1.31. The molecule has 1 fully saturated rings. The van der Waals surface area contributed by atoms with Gasteiger partial charge in [-0.25, -0.2) is 4.79 Å². The van der Waals surface area contributed by atoms with Crippen molar-refractivity contribution in [3.05, 3.63) is 16.3 Å². The zero-order valence-corrected chi connectivity index (χ0v) is 9.79. The summed E-state index contributed by atoms with van der Waals surface area (Å²) in [5, 5.41) is 1.78. The topological polar surface area (TPSA) is 61.6 Å². The molecule has 1 saturated heterocycles. The zero-order chi connectivity index (χ0) is 11.4. The highest BCUT2D eigenvalue weighted by atomic mass is 32.1. The Morgan fingerprint density at radius 1 is 1.69 bits per heavy atom. The lowest BCUT2D eigenvalue weighted by molar-refractivity contribution is 0.0392. The first-order chi connectivity index (χ1) is 7.77. The summed E-state index contributed by atoms with van der Waals surface area (Å²) in [5.41, 5.74) is 6.11. The van der Waals surface area contributed by atoms with E-state index in [1.54, 1.807) is 11.4 Å². The minimum atomic E-state index is -0.328. The largest absolute Gasteiger partial charge is 0.461 e. The molecule has 0 bridgehead atoms. The number of anilines is 1. The van der Waals surface area contributed by atoms with Crippen LogP contribution in [0.3, 0.4) is 0 Å². The summed E-state index contributed by atoms with van der Waals surface area (Å²) in [6.45, 7) is 1.23. The van der Waals surface area contributed by atoms with Gasteiger partial charge in [-0.1, -0.05) is 0 Å². The van der Waals surface area contributed by atoms with E-state index in [1.165, 1.54) is 11.3 Å². The van der Waals surface area contributed by atoms with E-state index in [-0.39, 0.29) is 12.1 Å². The van der Waals surface area contributed by atoms with Crippen LogP contribution in [0.15, 0.2) is 11.4 Å². The second-order valence-corrected chi connectivity index (χ2v) is 4.68. The van der Waals surface area contributed by atoms with Gasteiger partial charge < -0.3 is 15.2 Å². The van der Waals surface area contributed by atoms with E-state index in [1.807, 2.05) is 0 Å². The first-order valence-electron chi connectivity index (χ1n) is 5.39. The number of carbonyl (C=O) groups excluding carboxylic acids is 1. The molecule has 1 aromatic rings. The van der Waals surface area contributed by atoms with Crippen LogP contribution in [0.5, 0.6) is 0 Å². The van der Waals surface area contributed by atoms with Crippen LogP contribution in [-0.2, 0) is 9.47 Å². The van der Waals surface area contributed by atoms with E-state index in [2.05, 4.69) is 0 Å². The van der Waals surface area contributed by atoms with Crippen molar-refractivity contribution in [3.8, 4) is 0 Å². The lowest BCUT2D eigenvalue weighted by Gasteiger charge is -2.09. The molecule has 1 atom stereocenters. The Morgan fingerprint density at radius 2 is 2.56 bits per heavy atom. The third-order valence-electron chi connectivity index (χ3n) is 2.58. The van der Waals surface area contributed by atoms with Gasteiger partial charge in [0.15, 0.2) is 0 Å². The van der Waals surface area contributed by atoms with Gasteiger partial charge >= 0.3 is 5.97 Å². The number of thiophene rings is 1. The summed E-state index contributed by atoms with van der Waals surface area (Å²) in [4.78, 5) is 12.1. The van der Waals surface area contributed by atoms with E-state index in [0.29, 0.717) is 17.2 Å². The van der Waals surface area contributed by atoms with Crippen LogP contribution in [0.1, 0.15) is 28.9 Å². The quantitative estimate of drug-likeness (QED) is 0.820. The summed E-state index contributed by atoms with van der Waals surface area (Å²) in [7, 11) is 0. The lowest BCUT2D eigenvalue weighted by Crippen LogP contribution is -2.12. The molecule has 0 amide bonds. The number of esters is 1. The van der Waals surface area contributed by atoms with Gasteiger partial charge in [0.2, 0.25) is 0 Å². The van der Waals surface area contributed by atoms with E-state index in [4.69, 9.17) is 15.2 Å². The predicted molar refractivity (Wildman–Crippen MR) is 62.6 cm³/mol. The summed E-state index contributed by atoms with van der Waals surface area (Å²) < 4.78 is 10.6. The Hall–Kier alpha value is -1.07. The van der Waals surface area contributed by atoms with Gasteiger partial charge in [-0.05, 0) is 24.3 Å². The number of hydrogen-bond donors (Lipinski definition) is 1. The Balaban J connectivity index is 1.73.